The third kappa shape index (κ3) is 9.15. The second kappa shape index (κ2) is 8.65. The summed E-state index contributed by atoms with van der Waals surface area (Å²) in [6, 6.07) is 0. The number of ketones is 1. The van der Waals surface area contributed by atoms with Crippen LogP contribution < -0.4 is 0 Å². The van der Waals surface area contributed by atoms with Crippen LogP contribution in [-0.4, -0.2) is 41.8 Å². The number of ether oxygens (including phenoxy) is 1. The zero-order valence-electron chi connectivity index (χ0n) is 8.07. The Morgan fingerprint density at radius 1 is 1.07 bits per heavy atom. The first-order valence-corrected chi connectivity index (χ1v) is 4.59. The van der Waals surface area contributed by atoms with Crippen LogP contribution >= 0.6 is 0 Å². The summed E-state index contributed by atoms with van der Waals surface area (Å²) in [7, 11) is 0. The third-order valence-corrected chi connectivity index (χ3v) is 1.61. The Kier molecular flexibility index (Phi) is 8.07. The normalized spacial score (nSPS) is 10.1. The van der Waals surface area contributed by atoms with Gasteiger partial charge in [-0.15, -0.1) is 0 Å². The third-order valence-electron chi connectivity index (χ3n) is 1.61. The summed E-state index contributed by atoms with van der Waals surface area (Å²) in [6.45, 7) is 0.488. The SMILES string of the molecule is O=C(O)CCCC(=O)CCOCCO. The molecule has 0 atom stereocenters. The van der Waals surface area contributed by atoms with E-state index >= 15 is 0 Å². The Hall–Kier alpha value is -0.940. The number of aliphatic hydroxyl groups is 1. The van der Waals surface area contributed by atoms with Gasteiger partial charge in [-0.3, -0.25) is 9.59 Å². The Morgan fingerprint density at radius 3 is 2.36 bits per heavy atom. The topological polar surface area (TPSA) is 83.8 Å². The Morgan fingerprint density at radius 2 is 1.79 bits per heavy atom. The zero-order valence-corrected chi connectivity index (χ0v) is 8.07. The van der Waals surface area contributed by atoms with Gasteiger partial charge in [0.25, 0.3) is 0 Å². The molecular weight excluding hydrogens is 188 g/mol. The van der Waals surface area contributed by atoms with Crippen LogP contribution in [0.4, 0.5) is 0 Å². The lowest BCUT2D eigenvalue weighted by Gasteiger charge is -2.01. The molecule has 0 rings (SSSR count). The highest BCUT2D eigenvalue weighted by Crippen LogP contribution is 1.99. The molecule has 0 saturated heterocycles. The average molecular weight is 204 g/mol. The van der Waals surface area contributed by atoms with Crippen molar-refractivity contribution in [3.8, 4) is 0 Å². The monoisotopic (exact) mass is 204 g/mol. The molecule has 14 heavy (non-hydrogen) atoms. The van der Waals surface area contributed by atoms with Gasteiger partial charge in [0.2, 0.25) is 0 Å². The molecule has 5 heteroatoms. The van der Waals surface area contributed by atoms with Crippen LogP contribution in [0, 0.1) is 0 Å². The summed E-state index contributed by atoms with van der Waals surface area (Å²) in [5, 5.41) is 16.7. The average Bonchev–Trinajstić information content (AvgIpc) is 2.12. The van der Waals surface area contributed by atoms with Crippen LogP contribution in [0.5, 0.6) is 0 Å². The van der Waals surface area contributed by atoms with E-state index in [0.29, 0.717) is 19.4 Å². The number of rotatable bonds is 9. The van der Waals surface area contributed by atoms with Crippen LogP contribution in [0.25, 0.3) is 0 Å². The molecule has 0 fully saturated rings. The van der Waals surface area contributed by atoms with Gasteiger partial charge in [0.15, 0.2) is 0 Å². The summed E-state index contributed by atoms with van der Waals surface area (Å²) < 4.78 is 4.89. The highest BCUT2D eigenvalue weighted by molar-refractivity contribution is 5.79. The van der Waals surface area contributed by atoms with Crippen LogP contribution in [0.1, 0.15) is 25.7 Å². The van der Waals surface area contributed by atoms with E-state index in [4.69, 9.17) is 14.9 Å². The van der Waals surface area contributed by atoms with Gasteiger partial charge in [0.1, 0.15) is 5.78 Å². The van der Waals surface area contributed by atoms with Crippen molar-refractivity contribution in [2.75, 3.05) is 19.8 Å². The molecular formula is C9H16O5. The molecule has 82 valence electrons. The van der Waals surface area contributed by atoms with Gasteiger partial charge in [-0.05, 0) is 6.42 Å². The molecule has 0 aliphatic heterocycles. The van der Waals surface area contributed by atoms with Crippen LogP contribution in [0.15, 0.2) is 0 Å². The molecule has 5 nitrogen and oxygen atoms in total. The van der Waals surface area contributed by atoms with Crippen LogP contribution in [-0.2, 0) is 14.3 Å². The predicted molar refractivity (Wildman–Crippen MR) is 49.0 cm³/mol. The lowest BCUT2D eigenvalue weighted by Crippen LogP contribution is -2.07. The highest BCUT2D eigenvalue weighted by atomic mass is 16.5. The number of Topliss-reactive ketones (excluding diaryl/α,β-unsaturated/α-hetero) is 1. The number of aliphatic carboxylic acids is 1. The minimum absolute atomic E-state index is 0.00388. The van der Waals surface area contributed by atoms with Gasteiger partial charge < -0.3 is 14.9 Å². The number of carboxylic acids is 1. The van der Waals surface area contributed by atoms with Gasteiger partial charge >= 0.3 is 5.97 Å². The van der Waals surface area contributed by atoms with Crippen molar-refractivity contribution in [3.05, 3.63) is 0 Å². The van der Waals surface area contributed by atoms with Crippen molar-refractivity contribution in [3.63, 3.8) is 0 Å². The number of hydrogen-bond donors (Lipinski definition) is 2. The molecule has 0 unspecified atom stereocenters. The quantitative estimate of drug-likeness (QED) is 0.524. The van der Waals surface area contributed by atoms with Crippen LogP contribution in [0.3, 0.4) is 0 Å². The summed E-state index contributed by atoms with van der Waals surface area (Å²) in [4.78, 5) is 21.2. The maximum absolute atomic E-state index is 11.1. The van der Waals surface area contributed by atoms with E-state index in [2.05, 4.69) is 0 Å². The minimum Gasteiger partial charge on any atom is -0.481 e. The maximum Gasteiger partial charge on any atom is 0.303 e. The van der Waals surface area contributed by atoms with Crippen LogP contribution in [0.2, 0.25) is 0 Å². The molecule has 0 aliphatic rings. The second-order valence-corrected chi connectivity index (χ2v) is 2.87. The lowest BCUT2D eigenvalue weighted by molar-refractivity contribution is -0.137. The Bertz CT molecular complexity index is 178. The van der Waals surface area contributed by atoms with E-state index in [1.807, 2.05) is 0 Å². The highest BCUT2D eigenvalue weighted by Gasteiger charge is 2.03. The molecule has 0 bridgehead atoms. The maximum atomic E-state index is 11.1. The van der Waals surface area contributed by atoms with E-state index in [0.717, 1.165) is 0 Å². The van der Waals surface area contributed by atoms with E-state index in [1.54, 1.807) is 0 Å². The van der Waals surface area contributed by atoms with Crippen molar-refractivity contribution in [2.45, 2.75) is 25.7 Å². The van der Waals surface area contributed by atoms with Crippen molar-refractivity contribution in [1.29, 1.82) is 0 Å². The largest absolute Gasteiger partial charge is 0.481 e. The molecule has 0 saturated carbocycles. The fraction of sp³-hybridized carbons (Fsp3) is 0.778. The second-order valence-electron chi connectivity index (χ2n) is 2.87. The zero-order chi connectivity index (χ0) is 10.8. The number of carboxylic acid groups (broad SMARTS) is 1. The van der Waals surface area contributed by atoms with E-state index in [1.165, 1.54) is 0 Å². The smallest absolute Gasteiger partial charge is 0.303 e. The molecule has 0 radical (unpaired) electrons. The van der Waals surface area contributed by atoms with Gasteiger partial charge in [-0.1, -0.05) is 0 Å². The van der Waals surface area contributed by atoms with E-state index in [-0.39, 0.29) is 31.8 Å². The molecule has 0 aromatic rings. The molecule has 0 spiro atoms. The number of aliphatic hydroxyl groups excluding tert-OH is 1. The summed E-state index contributed by atoms with van der Waals surface area (Å²) in [6.07, 6.45) is 0.992. The molecule has 0 aromatic heterocycles. The fourth-order valence-electron chi connectivity index (χ4n) is 0.914. The Balaban J connectivity index is 3.24. The number of hydrogen-bond acceptors (Lipinski definition) is 4. The van der Waals surface area contributed by atoms with Gasteiger partial charge in [-0.25, -0.2) is 0 Å². The number of carbonyl (C=O) groups excluding carboxylic acids is 1. The summed E-state index contributed by atoms with van der Waals surface area (Å²) >= 11 is 0. The van der Waals surface area contributed by atoms with E-state index < -0.39 is 5.97 Å². The minimum atomic E-state index is -0.880. The van der Waals surface area contributed by atoms with Crippen molar-refractivity contribution in [2.24, 2.45) is 0 Å². The lowest BCUT2D eigenvalue weighted by atomic mass is 10.1. The summed E-state index contributed by atoms with van der Waals surface area (Å²) in [5.41, 5.74) is 0. The van der Waals surface area contributed by atoms with Gasteiger partial charge in [0.05, 0.1) is 19.8 Å². The van der Waals surface area contributed by atoms with Crippen molar-refractivity contribution in [1.82, 2.24) is 0 Å². The molecule has 0 amide bonds. The van der Waals surface area contributed by atoms with Gasteiger partial charge in [0, 0.05) is 19.3 Å². The van der Waals surface area contributed by atoms with E-state index in [9.17, 15) is 9.59 Å². The molecule has 0 aliphatic carbocycles. The first kappa shape index (κ1) is 13.1. The number of carbonyl (C=O) groups is 2. The summed E-state index contributed by atoms with van der Waals surface area (Å²) in [5.74, 6) is -0.876. The first-order valence-electron chi connectivity index (χ1n) is 4.59. The Labute approximate surface area is 82.7 Å². The van der Waals surface area contributed by atoms with Gasteiger partial charge in [-0.2, -0.15) is 0 Å². The standard InChI is InChI=1S/C9H16O5/c10-5-7-14-6-4-8(11)2-1-3-9(12)13/h10H,1-7H2,(H,12,13). The van der Waals surface area contributed by atoms with Crippen molar-refractivity contribution >= 4 is 11.8 Å². The predicted octanol–water partition coefficient (Wildman–Crippen LogP) is 0.209. The van der Waals surface area contributed by atoms with Crippen molar-refractivity contribution < 1.29 is 24.5 Å². The fourth-order valence-corrected chi connectivity index (χ4v) is 0.914. The molecule has 0 aromatic carbocycles. The molecule has 0 heterocycles. The first-order chi connectivity index (χ1) is 6.66. The molecule has 2 N–H and O–H groups in total.